The molecule has 4 heterocycles. The van der Waals surface area contributed by atoms with Crippen molar-refractivity contribution >= 4 is 33.1 Å². The minimum Gasteiger partial charge on any atom is -0.369 e. The molecular formula is C31H34F2N8O4S. The number of fused-ring (bicyclic) bond motifs is 1. The first-order chi connectivity index (χ1) is 21.7. The number of hydrogen-bond acceptors (Lipinski definition) is 8. The standard InChI is InChI=1S/C31H34F2N8O4S/c1-18-11-27(37-35-18)30(43)34-25-15-21(40-9-7-39(4)8-10-40)5-6-23(25)28(42)16-26-24-17-41(31(2,3)29(24)38-36-26)46(44,45)22-13-19(32)12-20(33)14-22/h5-6,11-15H,7-10,16-17H2,1-4H3,(H,34,43)(H,35,37)(H,36,38). The third-order valence-electron chi connectivity index (χ3n) is 8.58. The van der Waals surface area contributed by atoms with Gasteiger partial charge in [-0.25, -0.2) is 17.2 Å². The SMILES string of the molecule is Cc1cc(C(=O)Nc2cc(N3CCN(C)CC3)ccc2C(=O)Cc2[nH]nc3c2CN(S(=O)(=O)c2cc(F)cc(F)c2)C3(C)C)n[nH]1. The number of aromatic amines is 2. The van der Waals surface area contributed by atoms with Gasteiger partial charge in [-0.1, -0.05) is 0 Å². The number of nitrogens with one attached hydrogen (secondary N) is 3. The van der Waals surface area contributed by atoms with E-state index in [0.29, 0.717) is 34.4 Å². The van der Waals surface area contributed by atoms with Crippen molar-refractivity contribution in [1.29, 1.82) is 0 Å². The summed E-state index contributed by atoms with van der Waals surface area (Å²) in [6.07, 6.45) is -0.168. The number of ketones is 1. The highest BCUT2D eigenvalue weighted by Crippen LogP contribution is 2.43. The maximum Gasteiger partial charge on any atom is 0.276 e. The Kier molecular flexibility index (Phi) is 8.02. The molecule has 15 heteroatoms. The predicted molar refractivity (Wildman–Crippen MR) is 166 cm³/mol. The molecule has 0 aliphatic carbocycles. The highest BCUT2D eigenvalue weighted by molar-refractivity contribution is 7.89. The zero-order valence-electron chi connectivity index (χ0n) is 25.8. The highest BCUT2D eigenvalue weighted by Gasteiger charge is 2.48. The maximum atomic E-state index is 14.0. The Hall–Kier alpha value is -4.47. The third-order valence-corrected chi connectivity index (χ3v) is 10.6. The number of halogens is 2. The summed E-state index contributed by atoms with van der Waals surface area (Å²) in [5.74, 6) is -2.84. The molecule has 3 N–H and O–H groups in total. The van der Waals surface area contributed by atoms with Gasteiger partial charge in [0.25, 0.3) is 5.91 Å². The van der Waals surface area contributed by atoms with Crippen molar-refractivity contribution < 1.29 is 26.8 Å². The van der Waals surface area contributed by atoms with Gasteiger partial charge >= 0.3 is 0 Å². The summed E-state index contributed by atoms with van der Waals surface area (Å²) in [7, 11) is -2.28. The first-order valence-electron chi connectivity index (χ1n) is 14.7. The van der Waals surface area contributed by atoms with E-state index >= 15 is 0 Å². The number of aryl methyl sites for hydroxylation is 1. The lowest BCUT2D eigenvalue weighted by molar-refractivity contribution is 0.0992. The van der Waals surface area contributed by atoms with E-state index in [1.165, 1.54) is 0 Å². The fourth-order valence-electron chi connectivity index (χ4n) is 5.99. The summed E-state index contributed by atoms with van der Waals surface area (Å²) < 4.78 is 56.1. The number of carbonyl (C=O) groups excluding carboxylic acids is 2. The van der Waals surface area contributed by atoms with Crippen molar-refractivity contribution in [2.24, 2.45) is 0 Å². The van der Waals surface area contributed by atoms with E-state index in [4.69, 9.17) is 0 Å². The minimum absolute atomic E-state index is 0.160. The molecule has 1 amide bonds. The summed E-state index contributed by atoms with van der Waals surface area (Å²) in [5, 5.41) is 16.9. The van der Waals surface area contributed by atoms with Crippen LogP contribution in [0.3, 0.4) is 0 Å². The molecule has 2 aromatic carbocycles. The molecule has 0 spiro atoms. The van der Waals surface area contributed by atoms with Crippen LogP contribution in [0, 0.1) is 18.6 Å². The second kappa shape index (κ2) is 11.7. The Balaban J connectivity index is 1.29. The number of H-pyrrole nitrogens is 2. The van der Waals surface area contributed by atoms with Crippen LogP contribution in [0.1, 0.15) is 57.3 Å². The van der Waals surface area contributed by atoms with Crippen LogP contribution in [-0.2, 0) is 28.5 Å². The lowest BCUT2D eigenvalue weighted by atomic mass is 9.98. The molecule has 242 valence electrons. The number of aromatic nitrogens is 4. The van der Waals surface area contributed by atoms with Crippen molar-refractivity contribution in [3.63, 3.8) is 0 Å². The van der Waals surface area contributed by atoms with Gasteiger partial charge in [-0.15, -0.1) is 0 Å². The number of nitrogens with zero attached hydrogens (tertiary/aromatic N) is 5. The predicted octanol–water partition coefficient (Wildman–Crippen LogP) is 3.59. The van der Waals surface area contributed by atoms with Crippen LogP contribution in [0.25, 0.3) is 0 Å². The van der Waals surface area contributed by atoms with Gasteiger partial charge in [-0.2, -0.15) is 14.5 Å². The maximum absolute atomic E-state index is 14.0. The van der Waals surface area contributed by atoms with Gasteiger partial charge in [-0.05, 0) is 64.2 Å². The zero-order chi connectivity index (χ0) is 33.0. The number of amides is 1. The summed E-state index contributed by atoms with van der Waals surface area (Å²) in [6, 6.07) is 9.06. The average Bonchev–Trinajstić information content (AvgIpc) is 3.68. The van der Waals surface area contributed by atoms with E-state index in [1.54, 1.807) is 39.0 Å². The van der Waals surface area contributed by atoms with E-state index in [0.717, 1.165) is 48.3 Å². The molecule has 0 atom stereocenters. The Morgan fingerprint density at radius 3 is 2.33 bits per heavy atom. The third kappa shape index (κ3) is 5.81. The monoisotopic (exact) mass is 652 g/mol. The Labute approximate surface area is 264 Å². The van der Waals surface area contributed by atoms with Crippen LogP contribution >= 0.6 is 0 Å². The molecule has 0 unspecified atom stereocenters. The number of benzene rings is 2. The van der Waals surface area contributed by atoms with E-state index in [-0.39, 0.29) is 30.0 Å². The molecule has 1 fully saturated rings. The first-order valence-corrected chi connectivity index (χ1v) is 16.2. The van der Waals surface area contributed by atoms with Gasteiger partial charge in [0.1, 0.15) is 11.6 Å². The number of rotatable bonds is 8. The number of Topliss-reactive ketones (excluding diaryl/α,β-unsaturated/α-hetero) is 1. The topological polar surface area (TPSA) is 147 Å². The lowest BCUT2D eigenvalue weighted by Crippen LogP contribution is -2.44. The molecule has 12 nitrogen and oxygen atoms in total. The molecular weight excluding hydrogens is 618 g/mol. The lowest BCUT2D eigenvalue weighted by Gasteiger charge is -2.34. The Morgan fingerprint density at radius 2 is 1.67 bits per heavy atom. The van der Waals surface area contributed by atoms with Gasteiger partial charge < -0.3 is 15.1 Å². The molecule has 2 aliphatic heterocycles. The van der Waals surface area contributed by atoms with Gasteiger partial charge in [0.15, 0.2) is 11.5 Å². The smallest absolute Gasteiger partial charge is 0.276 e. The summed E-state index contributed by atoms with van der Waals surface area (Å²) in [4.78, 5) is 30.9. The largest absolute Gasteiger partial charge is 0.369 e. The Bertz CT molecular complexity index is 1930. The molecule has 2 aliphatic rings. The number of sulfonamides is 1. The fourth-order valence-corrected chi connectivity index (χ4v) is 7.75. The van der Waals surface area contributed by atoms with Crippen LogP contribution < -0.4 is 10.2 Å². The van der Waals surface area contributed by atoms with E-state index < -0.39 is 38.0 Å². The van der Waals surface area contributed by atoms with Crippen LogP contribution in [0.15, 0.2) is 47.4 Å². The fraction of sp³-hybridized carbons (Fsp3) is 0.355. The van der Waals surface area contributed by atoms with E-state index in [2.05, 4.69) is 42.6 Å². The van der Waals surface area contributed by atoms with E-state index in [9.17, 15) is 26.8 Å². The summed E-state index contributed by atoms with van der Waals surface area (Å²) >= 11 is 0. The van der Waals surface area contributed by atoms with Gasteiger partial charge in [0.05, 0.1) is 28.2 Å². The average molecular weight is 653 g/mol. The van der Waals surface area contributed by atoms with Crippen molar-refractivity contribution in [2.75, 3.05) is 43.4 Å². The first kappa shape index (κ1) is 31.5. The summed E-state index contributed by atoms with van der Waals surface area (Å²) in [6.45, 7) is 8.21. The van der Waals surface area contributed by atoms with Crippen LogP contribution in [0.5, 0.6) is 0 Å². The second-order valence-electron chi connectivity index (χ2n) is 12.2. The normalized spacial score (nSPS) is 16.9. The molecule has 0 radical (unpaired) electrons. The molecule has 0 saturated carbocycles. The number of carbonyl (C=O) groups is 2. The van der Waals surface area contributed by atoms with Crippen LogP contribution in [0.2, 0.25) is 0 Å². The quantitative estimate of drug-likeness (QED) is 0.245. The number of anilines is 2. The Morgan fingerprint density at radius 1 is 0.978 bits per heavy atom. The van der Waals surface area contributed by atoms with Gasteiger partial charge in [0.2, 0.25) is 10.0 Å². The number of piperazine rings is 1. The second-order valence-corrected chi connectivity index (χ2v) is 14.1. The molecule has 6 rings (SSSR count). The molecule has 4 aromatic rings. The number of hydrogen-bond donors (Lipinski definition) is 3. The van der Waals surface area contributed by atoms with E-state index in [1.807, 2.05) is 6.07 Å². The summed E-state index contributed by atoms with van der Waals surface area (Å²) in [5.41, 5.74) is 2.46. The molecule has 2 aromatic heterocycles. The van der Waals surface area contributed by atoms with Crippen molar-refractivity contribution in [3.05, 3.63) is 88.0 Å². The van der Waals surface area contributed by atoms with Gasteiger partial charge in [-0.3, -0.25) is 19.8 Å². The molecule has 1 saturated heterocycles. The number of likely N-dealkylation sites (N-methyl/N-ethyl adjacent to an activating group) is 1. The molecule has 0 bridgehead atoms. The minimum atomic E-state index is -4.34. The molecule has 46 heavy (non-hydrogen) atoms. The van der Waals surface area contributed by atoms with Crippen molar-refractivity contribution in [1.82, 2.24) is 29.6 Å². The van der Waals surface area contributed by atoms with Crippen LogP contribution in [0.4, 0.5) is 20.2 Å². The highest BCUT2D eigenvalue weighted by atomic mass is 32.2. The van der Waals surface area contributed by atoms with Gasteiger partial charge in [0, 0.05) is 67.0 Å². The zero-order valence-corrected chi connectivity index (χ0v) is 26.6. The van der Waals surface area contributed by atoms with Crippen molar-refractivity contribution in [3.8, 4) is 0 Å². The van der Waals surface area contributed by atoms with Crippen LogP contribution in [-0.4, -0.2) is 82.9 Å². The van der Waals surface area contributed by atoms with Crippen molar-refractivity contribution in [2.45, 2.75) is 44.2 Å².